The zero-order valence-electron chi connectivity index (χ0n) is 15.8. The Morgan fingerprint density at radius 1 is 1.03 bits per heavy atom. The van der Waals surface area contributed by atoms with Crippen LogP contribution in [0.1, 0.15) is 26.5 Å². The first-order chi connectivity index (χ1) is 15.0. The second-order valence-electron chi connectivity index (χ2n) is 6.46. The number of esters is 1. The van der Waals surface area contributed by atoms with Gasteiger partial charge in [0.2, 0.25) is 0 Å². The summed E-state index contributed by atoms with van der Waals surface area (Å²) in [6, 6.07) is 20.3. The molecule has 0 aliphatic heterocycles. The molecule has 1 aromatic heterocycles. The van der Waals surface area contributed by atoms with Crippen LogP contribution in [-0.4, -0.2) is 18.1 Å². The van der Waals surface area contributed by atoms with E-state index in [0.29, 0.717) is 27.5 Å². The largest absolute Gasteiger partial charge is 0.451 e. The van der Waals surface area contributed by atoms with Gasteiger partial charge in [-0.1, -0.05) is 33.6 Å². The smallest absolute Gasteiger partial charge is 0.343 e. The van der Waals surface area contributed by atoms with Crippen molar-refractivity contribution in [2.45, 2.75) is 0 Å². The summed E-state index contributed by atoms with van der Waals surface area (Å²) in [6.07, 6.45) is 1.47. The first-order valence-electron chi connectivity index (χ1n) is 9.08. The normalized spacial score (nSPS) is 11.0. The third-order valence-electron chi connectivity index (χ3n) is 4.23. The molecule has 6 nitrogen and oxygen atoms in total. The van der Waals surface area contributed by atoms with Crippen LogP contribution in [0.15, 0.2) is 86.8 Å². The number of nitrogens with one attached hydrogen (secondary N) is 1. The van der Waals surface area contributed by atoms with Crippen LogP contribution in [0.2, 0.25) is 5.02 Å². The van der Waals surface area contributed by atoms with Gasteiger partial charge in [-0.05, 0) is 72.3 Å². The van der Waals surface area contributed by atoms with Gasteiger partial charge in [0.15, 0.2) is 5.76 Å². The number of ether oxygens (including phenoxy) is 1. The molecule has 0 fully saturated rings. The summed E-state index contributed by atoms with van der Waals surface area (Å²) < 4.78 is 11.7. The zero-order chi connectivity index (χ0) is 21.8. The maximum Gasteiger partial charge on any atom is 0.343 e. The zero-order valence-corrected chi connectivity index (χ0v) is 18.2. The summed E-state index contributed by atoms with van der Waals surface area (Å²) in [5, 5.41) is 5.21. The molecular weight excluding hydrogens is 484 g/mol. The molecule has 0 saturated carbocycles. The van der Waals surface area contributed by atoms with Crippen LogP contribution in [0.4, 0.5) is 0 Å². The van der Waals surface area contributed by atoms with Gasteiger partial charge < -0.3 is 9.15 Å². The minimum atomic E-state index is -0.506. The molecule has 1 N–H and O–H groups in total. The summed E-state index contributed by atoms with van der Waals surface area (Å²) in [4.78, 5) is 24.4. The first-order valence-corrected chi connectivity index (χ1v) is 10.3. The van der Waals surface area contributed by atoms with Crippen molar-refractivity contribution in [1.82, 2.24) is 5.43 Å². The van der Waals surface area contributed by atoms with Gasteiger partial charge in [0, 0.05) is 14.9 Å². The van der Waals surface area contributed by atoms with Crippen LogP contribution < -0.4 is 10.2 Å². The van der Waals surface area contributed by atoms with Gasteiger partial charge in [-0.2, -0.15) is 5.10 Å². The van der Waals surface area contributed by atoms with Crippen LogP contribution >= 0.6 is 27.5 Å². The number of hydrogen-bond acceptors (Lipinski definition) is 5. The van der Waals surface area contributed by atoms with Crippen LogP contribution in [0.3, 0.4) is 0 Å². The van der Waals surface area contributed by atoms with Crippen molar-refractivity contribution in [3.63, 3.8) is 0 Å². The number of fused-ring (bicyclic) bond motifs is 1. The fraction of sp³-hybridized carbons (Fsp3) is 0. The lowest BCUT2D eigenvalue weighted by molar-refractivity contribution is 0.0734. The highest BCUT2D eigenvalue weighted by molar-refractivity contribution is 9.10. The van der Waals surface area contributed by atoms with E-state index in [1.165, 1.54) is 12.3 Å². The number of carbonyl (C=O) groups excluding carboxylic acids is 2. The Kier molecular flexibility index (Phi) is 6.16. The Labute approximate surface area is 190 Å². The van der Waals surface area contributed by atoms with E-state index in [1.807, 2.05) is 12.1 Å². The summed E-state index contributed by atoms with van der Waals surface area (Å²) in [5.74, 6) is -0.433. The SMILES string of the molecule is O=C(Oc1ccc(/C=N/NC(=O)c2cc3cc(Br)ccc3o2)cc1)c1cccc(Cl)c1. The van der Waals surface area contributed by atoms with E-state index in [2.05, 4.69) is 26.5 Å². The average Bonchev–Trinajstić information content (AvgIpc) is 3.18. The van der Waals surface area contributed by atoms with E-state index in [4.69, 9.17) is 20.8 Å². The van der Waals surface area contributed by atoms with Crippen LogP contribution in [0.5, 0.6) is 5.75 Å². The van der Waals surface area contributed by atoms with Gasteiger partial charge in [0.05, 0.1) is 11.8 Å². The molecule has 8 heteroatoms. The van der Waals surface area contributed by atoms with Gasteiger partial charge in [-0.25, -0.2) is 10.2 Å². The molecule has 0 aliphatic rings. The van der Waals surface area contributed by atoms with E-state index < -0.39 is 11.9 Å². The third kappa shape index (κ3) is 5.20. The Morgan fingerprint density at radius 2 is 1.84 bits per heavy atom. The highest BCUT2D eigenvalue weighted by atomic mass is 79.9. The number of amides is 1. The van der Waals surface area contributed by atoms with Gasteiger partial charge in [-0.3, -0.25) is 4.79 Å². The van der Waals surface area contributed by atoms with Crippen molar-refractivity contribution in [3.8, 4) is 5.75 Å². The van der Waals surface area contributed by atoms with E-state index >= 15 is 0 Å². The lowest BCUT2D eigenvalue weighted by atomic mass is 10.2. The highest BCUT2D eigenvalue weighted by Gasteiger charge is 2.12. The molecule has 1 amide bonds. The molecule has 4 aromatic rings. The van der Waals surface area contributed by atoms with E-state index in [9.17, 15) is 9.59 Å². The standard InChI is InChI=1S/C23H14BrClN2O4/c24-17-6-9-20-16(10-17)12-21(31-20)22(28)27-26-13-14-4-7-19(8-5-14)30-23(29)15-2-1-3-18(25)11-15/h1-13H,(H,27,28)/b26-13+. The second-order valence-corrected chi connectivity index (χ2v) is 7.81. The van der Waals surface area contributed by atoms with Crippen LogP contribution in [-0.2, 0) is 0 Å². The first kappa shape index (κ1) is 20.8. The van der Waals surface area contributed by atoms with Crippen molar-refractivity contribution >= 4 is 56.6 Å². The number of hydrogen-bond donors (Lipinski definition) is 1. The number of hydrazone groups is 1. The maximum absolute atomic E-state index is 12.2. The van der Waals surface area contributed by atoms with Crippen molar-refractivity contribution in [3.05, 3.63) is 99.2 Å². The second kappa shape index (κ2) is 9.16. The van der Waals surface area contributed by atoms with E-state index in [0.717, 1.165) is 9.86 Å². The molecule has 0 saturated heterocycles. The highest BCUT2D eigenvalue weighted by Crippen LogP contribution is 2.23. The molecule has 3 aromatic carbocycles. The number of benzene rings is 3. The van der Waals surface area contributed by atoms with Crippen LogP contribution in [0.25, 0.3) is 11.0 Å². The topological polar surface area (TPSA) is 80.9 Å². The monoisotopic (exact) mass is 496 g/mol. The molecule has 0 atom stereocenters. The number of nitrogens with zero attached hydrogens (tertiary/aromatic N) is 1. The van der Waals surface area contributed by atoms with Gasteiger partial charge >= 0.3 is 11.9 Å². The lowest BCUT2D eigenvalue weighted by Gasteiger charge is -2.05. The number of halogens is 2. The minimum Gasteiger partial charge on any atom is -0.451 e. The molecule has 4 rings (SSSR count). The van der Waals surface area contributed by atoms with Crippen molar-refractivity contribution < 1.29 is 18.7 Å². The Hall–Kier alpha value is -3.42. The predicted octanol–water partition coefficient (Wildman–Crippen LogP) is 5.83. The molecule has 0 spiro atoms. The summed E-state index contributed by atoms with van der Waals surface area (Å²) in [5.41, 5.74) is 4.10. The van der Waals surface area contributed by atoms with Crippen molar-refractivity contribution in [2.24, 2.45) is 5.10 Å². The maximum atomic E-state index is 12.2. The molecule has 0 aliphatic carbocycles. The summed E-state index contributed by atoms with van der Waals surface area (Å²) in [6.45, 7) is 0. The van der Waals surface area contributed by atoms with Gasteiger partial charge in [0.25, 0.3) is 0 Å². The lowest BCUT2D eigenvalue weighted by Crippen LogP contribution is -2.16. The Balaban J connectivity index is 1.35. The van der Waals surface area contributed by atoms with Gasteiger partial charge in [-0.15, -0.1) is 0 Å². The van der Waals surface area contributed by atoms with E-state index in [-0.39, 0.29) is 5.76 Å². The average molecular weight is 498 g/mol. The number of furan rings is 1. The molecule has 0 radical (unpaired) electrons. The third-order valence-corrected chi connectivity index (χ3v) is 4.96. The minimum absolute atomic E-state index is 0.161. The molecular formula is C23H14BrClN2O4. The molecule has 0 unspecified atom stereocenters. The molecule has 0 bridgehead atoms. The van der Waals surface area contributed by atoms with E-state index in [1.54, 1.807) is 54.6 Å². The Morgan fingerprint density at radius 3 is 2.61 bits per heavy atom. The predicted molar refractivity (Wildman–Crippen MR) is 122 cm³/mol. The van der Waals surface area contributed by atoms with Crippen molar-refractivity contribution in [2.75, 3.05) is 0 Å². The molecule has 1 heterocycles. The van der Waals surface area contributed by atoms with Crippen molar-refractivity contribution in [1.29, 1.82) is 0 Å². The summed E-state index contributed by atoms with van der Waals surface area (Å²) >= 11 is 9.27. The quantitative estimate of drug-likeness (QED) is 0.163. The number of rotatable bonds is 5. The molecule has 154 valence electrons. The Bertz CT molecular complexity index is 1300. The fourth-order valence-corrected chi connectivity index (χ4v) is 3.32. The van der Waals surface area contributed by atoms with Gasteiger partial charge in [0.1, 0.15) is 11.3 Å². The fourth-order valence-electron chi connectivity index (χ4n) is 2.75. The molecule has 31 heavy (non-hydrogen) atoms. The summed E-state index contributed by atoms with van der Waals surface area (Å²) in [7, 11) is 0. The number of carbonyl (C=O) groups is 2. The van der Waals surface area contributed by atoms with Crippen LogP contribution in [0, 0.1) is 0 Å².